The van der Waals surface area contributed by atoms with Gasteiger partial charge in [0, 0.05) is 6.04 Å². The summed E-state index contributed by atoms with van der Waals surface area (Å²) in [5, 5.41) is 3.71. The quantitative estimate of drug-likeness (QED) is 0.635. The molecule has 3 heteroatoms. The highest BCUT2D eigenvalue weighted by atomic mass is 79.9. The van der Waals surface area contributed by atoms with Crippen LogP contribution >= 0.6 is 15.9 Å². The Morgan fingerprint density at radius 1 is 1.29 bits per heavy atom. The summed E-state index contributed by atoms with van der Waals surface area (Å²) in [6, 6.07) is 7.04. The van der Waals surface area contributed by atoms with E-state index in [9.17, 15) is 0 Å². The molecule has 1 unspecified atom stereocenters. The second-order valence-corrected chi connectivity index (χ2v) is 6.93. The van der Waals surface area contributed by atoms with E-state index in [2.05, 4.69) is 53.3 Å². The lowest BCUT2D eigenvalue weighted by molar-refractivity contribution is 0.261. The molecule has 1 N–H and O–H groups in total. The fourth-order valence-electron chi connectivity index (χ4n) is 2.78. The molecule has 0 aliphatic heterocycles. The molecular weight excluding hydrogens is 326 g/mol. The van der Waals surface area contributed by atoms with Crippen LogP contribution in [-0.2, 0) is 0 Å². The van der Waals surface area contributed by atoms with Crippen LogP contribution in [0.1, 0.15) is 64.0 Å². The molecule has 1 aromatic carbocycles. The standard InChI is InChI=1S/C18H28BrNO/c1-3-10-20-17(12-14-6-5-7-14)15-8-9-18(16(19)13-15)21-11-4-2/h8-9,13-14,17,20H,3-7,10-12H2,1-2H3. The van der Waals surface area contributed by atoms with Gasteiger partial charge in [0.2, 0.25) is 0 Å². The van der Waals surface area contributed by atoms with Crippen molar-refractivity contribution in [3.63, 3.8) is 0 Å². The number of halogens is 1. The van der Waals surface area contributed by atoms with Crippen LogP contribution in [0, 0.1) is 5.92 Å². The van der Waals surface area contributed by atoms with E-state index in [4.69, 9.17) is 4.74 Å². The predicted octanol–water partition coefficient (Wildman–Crippen LogP) is 5.47. The zero-order chi connectivity index (χ0) is 15.1. The van der Waals surface area contributed by atoms with E-state index in [1.807, 2.05) is 0 Å². The molecule has 1 aromatic rings. The largest absolute Gasteiger partial charge is 0.492 e. The zero-order valence-corrected chi connectivity index (χ0v) is 14.9. The molecule has 0 saturated heterocycles. The number of hydrogen-bond acceptors (Lipinski definition) is 2. The summed E-state index contributed by atoms with van der Waals surface area (Å²) in [4.78, 5) is 0. The molecule has 1 fully saturated rings. The van der Waals surface area contributed by atoms with Gasteiger partial charge in [-0.3, -0.25) is 0 Å². The summed E-state index contributed by atoms with van der Waals surface area (Å²) >= 11 is 3.66. The Bertz CT molecular complexity index is 431. The first-order chi connectivity index (χ1) is 10.2. The highest BCUT2D eigenvalue weighted by molar-refractivity contribution is 9.10. The van der Waals surface area contributed by atoms with E-state index in [1.54, 1.807) is 0 Å². The van der Waals surface area contributed by atoms with Gasteiger partial charge in [-0.05, 0) is 65.4 Å². The third kappa shape index (κ3) is 5.00. The molecular formula is C18H28BrNO. The van der Waals surface area contributed by atoms with E-state index in [0.29, 0.717) is 6.04 Å². The molecule has 0 aromatic heterocycles. The monoisotopic (exact) mass is 353 g/mol. The van der Waals surface area contributed by atoms with E-state index >= 15 is 0 Å². The summed E-state index contributed by atoms with van der Waals surface area (Å²) < 4.78 is 6.82. The van der Waals surface area contributed by atoms with Gasteiger partial charge < -0.3 is 10.1 Å². The Labute approximate surface area is 137 Å². The van der Waals surface area contributed by atoms with Crippen LogP contribution in [0.25, 0.3) is 0 Å². The molecule has 1 aliphatic rings. The Morgan fingerprint density at radius 3 is 2.67 bits per heavy atom. The molecule has 0 amide bonds. The first kappa shape index (κ1) is 16.8. The smallest absolute Gasteiger partial charge is 0.133 e. The molecule has 118 valence electrons. The molecule has 1 saturated carbocycles. The van der Waals surface area contributed by atoms with Crippen LogP contribution in [0.2, 0.25) is 0 Å². The topological polar surface area (TPSA) is 21.3 Å². The van der Waals surface area contributed by atoms with Crippen molar-refractivity contribution in [3.05, 3.63) is 28.2 Å². The van der Waals surface area contributed by atoms with Crippen molar-refractivity contribution in [1.82, 2.24) is 5.32 Å². The van der Waals surface area contributed by atoms with Crippen LogP contribution in [0.15, 0.2) is 22.7 Å². The lowest BCUT2D eigenvalue weighted by Crippen LogP contribution is -2.26. The summed E-state index contributed by atoms with van der Waals surface area (Å²) in [6.45, 7) is 6.22. The van der Waals surface area contributed by atoms with Gasteiger partial charge in [0.1, 0.15) is 5.75 Å². The number of benzene rings is 1. The lowest BCUT2D eigenvalue weighted by atomic mass is 9.79. The van der Waals surface area contributed by atoms with Crippen molar-refractivity contribution in [2.75, 3.05) is 13.2 Å². The first-order valence-electron chi connectivity index (χ1n) is 8.40. The maximum absolute atomic E-state index is 5.75. The molecule has 0 spiro atoms. The predicted molar refractivity (Wildman–Crippen MR) is 92.9 cm³/mol. The minimum atomic E-state index is 0.478. The SMILES string of the molecule is CCCNC(CC1CCC1)c1ccc(OCCC)c(Br)c1. The highest BCUT2D eigenvalue weighted by Crippen LogP contribution is 2.36. The number of nitrogens with one attached hydrogen (secondary N) is 1. The van der Waals surface area contributed by atoms with Crippen LogP contribution in [0.3, 0.4) is 0 Å². The van der Waals surface area contributed by atoms with Crippen molar-refractivity contribution in [1.29, 1.82) is 0 Å². The Morgan fingerprint density at radius 2 is 2.10 bits per heavy atom. The third-order valence-electron chi connectivity index (χ3n) is 4.25. The van der Waals surface area contributed by atoms with E-state index in [-0.39, 0.29) is 0 Å². The third-order valence-corrected chi connectivity index (χ3v) is 4.87. The fraction of sp³-hybridized carbons (Fsp3) is 0.667. The van der Waals surface area contributed by atoms with E-state index < -0.39 is 0 Å². The maximum Gasteiger partial charge on any atom is 0.133 e. The van der Waals surface area contributed by atoms with E-state index in [1.165, 1.54) is 37.7 Å². The zero-order valence-electron chi connectivity index (χ0n) is 13.3. The molecule has 0 heterocycles. The Balaban J connectivity index is 2.04. The maximum atomic E-state index is 5.75. The van der Waals surface area contributed by atoms with Crippen LogP contribution < -0.4 is 10.1 Å². The Kier molecular flexibility index (Phi) is 7.05. The molecule has 21 heavy (non-hydrogen) atoms. The number of ether oxygens (including phenoxy) is 1. The van der Waals surface area contributed by atoms with Gasteiger partial charge in [0.15, 0.2) is 0 Å². The highest BCUT2D eigenvalue weighted by Gasteiger charge is 2.23. The second kappa shape index (κ2) is 8.79. The van der Waals surface area contributed by atoms with Gasteiger partial charge in [0.05, 0.1) is 11.1 Å². The first-order valence-corrected chi connectivity index (χ1v) is 9.19. The van der Waals surface area contributed by atoms with Crippen LogP contribution in [0.4, 0.5) is 0 Å². The minimum absolute atomic E-state index is 0.478. The number of hydrogen-bond donors (Lipinski definition) is 1. The summed E-state index contributed by atoms with van der Waals surface area (Å²) in [5.41, 5.74) is 1.38. The number of rotatable bonds is 9. The average molecular weight is 354 g/mol. The van der Waals surface area contributed by atoms with Crippen LogP contribution in [0.5, 0.6) is 5.75 Å². The summed E-state index contributed by atoms with van der Waals surface area (Å²) in [7, 11) is 0. The fourth-order valence-corrected chi connectivity index (χ4v) is 3.29. The van der Waals surface area contributed by atoms with E-state index in [0.717, 1.165) is 35.7 Å². The lowest BCUT2D eigenvalue weighted by Gasteiger charge is -2.30. The van der Waals surface area contributed by atoms with Gasteiger partial charge in [-0.2, -0.15) is 0 Å². The molecule has 0 radical (unpaired) electrons. The van der Waals surface area contributed by atoms with Gasteiger partial charge in [0.25, 0.3) is 0 Å². The van der Waals surface area contributed by atoms with Gasteiger partial charge in [-0.1, -0.05) is 39.2 Å². The van der Waals surface area contributed by atoms with Crippen molar-refractivity contribution in [2.45, 2.75) is 58.4 Å². The molecule has 1 aliphatic carbocycles. The van der Waals surface area contributed by atoms with Crippen LogP contribution in [-0.4, -0.2) is 13.2 Å². The molecule has 0 bridgehead atoms. The molecule has 2 nitrogen and oxygen atoms in total. The second-order valence-electron chi connectivity index (χ2n) is 6.08. The van der Waals surface area contributed by atoms with Gasteiger partial charge >= 0.3 is 0 Å². The van der Waals surface area contributed by atoms with Crippen molar-refractivity contribution >= 4 is 15.9 Å². The summed E-state index contributed by atoms with van der Waals surface area (Å²) in [6.07, 6.45) is 7.71. The minimum Gasteiger partial charge on any atom is -0.492 e. The molecule has 1 atom stereocenters. The van der Waals surface area contributed by atoms with Gasteiger partial charge in [-0.25, -0.2) is 0 Å². The van der Waals surface area contributed by atoms with Crippen molar-refractivity contribution in [2.24, 2.45) is 5.92 Å². The van der Waals surface area contributed by atoms with Crippen molar-refractivity contribution < 1.29 is 4.74 Å². The normalized spacial score (nSPS) is 16.5. The molecule has 2 rings (SSSR count). The summed E-state index contributed by atoms with van der Waals surface area (Å²) in [5.74, 6) is 1.87. The Hall–Kier alpha value is -0.540. The van der Waals surface area contributed by atoms with Gasteiger partial charge in [-0.15, -0.1) is 0 Å². The average Bonchev–Trinajstić information content (AvgIpc) is 2.44. The van der Waals surface area contributed by atoms with Crippen molar-refractivity contribution in [3.8, 4) is 5.75 Å².